The number of amides is 1. The molecule has 26 heavy (non-hydrogen) atoms. The second-order valence-corrected chi connectivity index (χ2v) is 8.12. The van der Waals surface area contributed by atoms with Crippen LogP contribution in [0.2, 0.25) is 0 Å². The maximum Gasteiger partial charge on any atom is 0.253 e. The number of H-pyrrole nitrogens is 1. The fourth-order valence-corrected chi connectivity index (χ4v) is 5.24. The third-order valence-electron chi connectivity index (χ3n) is 6.80. The van der Waals surface area contributed by atoms with Gasteiger partial charge in [-0.3, -0.25) is 9.69 Å². The minimum Gasteiger partial charge on any atom is -0.376 e. The first-order valence-corrected chi connectivity index (χ1v) is 9.89. The average Bonchev–Trinajstić information content (AvgIpc) is 3.35. The lowest BCUT2D eigenvalue weighted by molar-refractivity contribution is -0.0747. The Kier molecular flexibility index (Phi) is 3.83. The summed E-state index contributed by atoms with van der Waals surface area (Å²) in [5.74, 6) is 0.507. The van der Waals surface area contributed by atoms with Crippen LogP contribution in [0.15, 0.2) is 18.2 Å². The molecule has 2 saturated heterocycles. The Bertz CT molecular complexity index is 848. The molecular weight excluding hydrogens is 326 g/mol. The van der Waals surface area contributed by atoms with E-state index in [1.165, 1.54) is 18.4 Å². The number of likely N-dealkylation sites (tertiary alicyclic amines) is 1. The molecule has 1 aromatic carbocycles. The van der Waals surface area contributed by atoms with Crippen LogP contribution in [-0.2, 0) is 4.74 Å². The van der Waals surface area contributed by atoms with Gasteiger partial charge in [0.1, 0.15) is 0 Å². The number of fused-ring (bicyclic) bond motifs is 2. The number of carbonyl (C=O) groups is 1. The Morgan fingerprint density at radius 1 is 1.27 bits per heavy atom. The lowest BCUT2D eigenvalue weighted by atomic mass is 9.70. The number of nitrogens with one attached hydrogen (secondary N) is 2. The van der Waals surface area contributed by atoms with Gasteiger partial charge in [-0.2, -0.15) is 0 Å². The maximum absolute atomic E-state index is 13.1. The number of hydrogen-bond donors (Lipinski definition) is 2. The number of benzene rings is 1. The largest absolute Gasteiger partial charge is 0.376 e. The number of rotatable bonds is 3. The molecule has 5 rings (SSSR count). The molecule has 0 unspecified atom stereocenters. The first-order chi connectivity index (χ1) is 12.6. The van der Waals surface area contributed by atoms with E-state index in [9.17, 15) is 4.79 Å². The summed E-state index contributed by atoms with van der Waals surface area (Å²) in [6, 6.07) is 6.56. The van der Waals surface area contributed by atoms with Gasteiger partial charge in [-0.25, -0.2) is 0 Å². The molecule has 3 fully saturated rings. The van der Waals surface area contributed by atoms with Gasteiger partial charge in [-0.15, -0.1) is 0 Å². The van der Waals surface area contributed by atoms with Crippen molar-refractivity contribution in [2.24, 2.45) is 5.92 Å². The Hall–Kier alpha value is -1.85. The quantitative estimate of drug-likeness (QED) is 0.892. The Morgan fingerprint density at radius 3 is 2.88 bits per heavy atom. The topological polar surface area (TPSA) is 57.4 Å². The van der Waals surface area contributed by atoms with E-state index in [1.807, 2.05) is 12.1 Å². The van der Waals surface area contributed by atoms with Crippen molar-refractivity contribution in [1.29, 1.82) is 0 Å². The molecule has 2 N–H and O–H groups in total. The molecule has 3 aliphatic rings. The lowest BCUT2D eigenvalue weighted by Gasteiger charge is -2.51. The minimum atomic E-state index is 0.0383. The predicted molar refractivity (Wildman–Crippen MR) is 101 cm³/mol. The third-order valence-corrected chi connectivity index (χ3v) is 6.80. The zero-order valence-electron chi connectivity index (χ0n) is 15.5. The fraction of sp³-hybridized carbons (Fsp3) is 0.571. The number of hydrogen-bond acceptors (Lipinski definition) is 3. The van der Waals surface area contributed by atoms with Gasteiger partial charge in [0.15, 0.2) is 0 Å². The summed E-state index contributed by atoms with van der Waals surface area (Å²) in [7, 11) is 0. The number of ether oxygens (including phenoxy) is 1. The first kappa shape index (κ1) is 16.3. The molecule has 4 atom stereocenters. The van der Waals surface area contributed by atoms with Crippen molar-refractivity contribution in [2.75, 3.05) is 19.7 Å². The molecule has 138 valence electrons. The lowest BCUT2D eigenvalue weighted by Crippen LogP contribution is -2.70. The number of para-hydroxylation sites is 1. The highest BCUT2D eigenvalue weighted by Crippen LogP contribution is 2.43. The van der Waals surface area contributed by atoms with Gasteiger partial charge in [-0.05, 0) is 57.8 Å². The van der Waals surface area contributed by atoms with E-state index in [2.05, 4.69) is 35.1 Å². The molecule has 0 bridgehead atoms. The van der Waals surface area contributed by atoms with Crippen LogP contribution in [-0.4, -0.2) is 53.7 Å². The molecule has 1 aliphatic carbocycles. The van der Waals surface area contributed by atoms with E-state index >= 15 is 0 Å². The third kappa shape index (κ3) is 2.33. The SMILES string of the molecule is Cc1[nH]c2c(C(=O)N[C@H]3[C@H]4CCO[C@H]4[C@@H]3N3CCCC3)cccc2c1C. The van der Waals surface area contributed by atoms with Gasteiger partial charge in [-0.1, -0.05) is 12.1 Å². The highest BCUT2D eigenvalue weighted by Gasteiger charge is 2.56. The van der Waals surface area contributed by atoms with Crippen molar-refractivity contribution in [3.05, 3.63) is 35.0 Å². The smallest absolute Gasteiger partial charge is 0.253 e. The van der Waals surface area contributed by atoms with Crippen molar-refractivity contribution in [3.63, 3.8) is 0 Å². The highest BCUT2D eigenvalue weighted by molar-refractivity contribution is 6.06. The van der Waals surface area contributed by atoms with Crippen LogP contribution in [0, 0.1) is 19.8 Å². The van der Waals surface area contributed by atoms with Crippen LogP contribution < -0.4 is 5.32 Å². The maximum atomic E-state index is 13.1. The number of carbonyl (C=O) groups excluding carboxylic acids is 1. The number of aromatic nitrogens is 1. The summed E-state index contributed by atoms with van der Waals surface area (Å²) < 4.78 is 5.98. The Morgan fingerprint density at radius 2 is 2.08 bits per heavy atom. The van der Waals surface area contributed by atoms with E-state index in [1.54, 1.807) is 0 Å². The van der Waals surface area contributed by atoms with Crippen LogP contribution >= 0.6 is 0 Å². The zero-order valence-corrected chi connectivity index (χ0v) is 15.5. The predicted octanol–water partition coefficient (Wildman–Crippen LogP) is 2.77. The summed E-state index contributed by atoms with van der Waals surface area (Å²) in [5, 5.41) is 4.51. The van der Waals surface area contributed by atoms with Crippen molar-refractivity contribution >= 4 is 16.8 Å². The van der Waals surface area contributed by atoms with Crippen LogP contribution in [0.1, 0.15) is 40.9 Å². The minimum absolute atomic E-state index is 0.0383. The summed E-state index contributed by atoms with van der Waals surface area (Å²) in [5.41, 5.74) is 4.05. The Balaban J connectivity index is 1.42. The number of nitrogens with zero attached hydrogens (tertiary/aromatic N) is 1. The second kappa shape index (κ2) is 6.10. The van der Waals surface area contributed by atoms with Crippen LogP contribution in [0.5, 0.6) is 0 Å². The van der Waals surface area contributed by atoms with Crippen molar-refractivity contribution < 1.29 is 9.53 Å². The Labute approximate surface area is 154 Å². The van der Waals surface area contributed by atoms with Gasteiger partial charge in [0.2, 0.25) is 0 Å². The average molecular weight is 353 g/mol. The second-order valence-electron chi connectivity index (χ2n) is 8.12. The van der Waals surface area contributed by atoms with Crippen molar-refractivity contribution in [3.8, 4) is 0 Å². The van der Waals surface area contributed by atoms with E-state index in [4.69, 9.17) is 4.74 Å². The van der Waals surface area contributed by atoms with Crippen molar-refractivity contribution in [2.45, 2.75) is 51.3 Å². The van der Waals surface area contributed by atoms with Gasteiger partial charge in [0, 0.05) is 23.6 Å². The number of aryl methyl sites for hydroxylation is 2. The molecule has 1 amide bonds. The van der Waals surface area contributed by atoms with Crippen LogP contribution in [0.25, 0.3) is 10.9 Å². The van der Waals surface area contributed by atoms with Crippen LogP contribution in [0.3, 0.4) is 0 Å². The molecule has 0 radical (unpaired) electrons. The number of aromatic amines is 1. The van der Waals surface area contributed by atoms with Gasteiger partial charge in [0.25, 0.3) is 5.91 Å². The van der Waals surface area contributed by atoms with Gasteiger partial charge >= 0.3 is 0 Å². The summed E-state index contributed by atoms with van der Waals surface area (Å²) in [6.07, 6.45) is 3.89. The van der Waals surface area contributed by atoms with Crippen LogP contribution in [0.4, 0.5) is 0 Å². The summed E-state index contributed by atoms with van der Waals surface area (Å²) in [6.45, 7) is 7.26. The first-order valence-electron chi connectivity index (χ1n) is 9.89. The molecule has 5 heteroatoms. The molecule has 0 spiro atoms. The van der Waals surface area contributed by atoms with E-state index < -0.39 is 0 Å². The summed E-state index contributed by atoms with van der Waals surface area (Å²) >= 11 is 0. The molecule has 3 heterocycles. The fourth-order valence-electron chi connectivity index (χ4n) is 5.24. The van der Waals surface area contributed by atoms with E-state index in [0.717, 1.165) is 48.3 Å². The van der Waals surface area contributed by atoms with Crippen molar-refractivity contribution in [1.82, 2.24) is 15.2 Å². The molecule has 2 aromatic rings. The summed E-state index contributed by atoms with van der Waals surface area (Å²) in [4.78, 5) is 19.1. The van der Waals surface area contributed by atoms with Gasteiger partial charge < -0.3 is 15.0 Å². The molecule has 5 nitrogen and oxygen atoms in total. The standard InChI is InChI=1S/C21H27N3O2/c1-12-13(2)22-17-14(12)6-5-7-16(17)21(25)23-18-15-8-11-26-20(15)19(18)24-9-3-4-10-24/h5-7,15,18-20,22H,3-4,8-11H2,1-2H3,(H,23,25)/t15-,18+,19-,20-/m1/s1. The molecule has 1 aromatic heterocycles. The molecule has 2 aliphatic heterocycles. The zero-order chi connectivity index (χ0) is 17.8. The molecular formula is C21H27N3O2. The van der Waals surface area contributed by atoms with E-state index in [0.29, 0.717) is 18.1 Å². The normalized spacial score (nSPS) is 31.2. The van der Waals surface area contributed by atoms with Gasteiger partial charge in [0.05, 0.1) is 29.3 Å². The monoisotopic (exact) mass is 353 g/mol. The molecule has 1 saturated carbocycles. The highest BCUT2D eigenvalue weighted by atomic mass is 16.5. The van der Waals surface area contributed by atoms with E-state index in [-0.39, 0.29) is 11.9 Å².